The minimum Gasteiger partial charge on any atom is -0.282 e. The first-order valence-corrected chi connectivity index (χ1v) is 4.07. The fraction of sp³-hybridized carbons (Fsp3) is 0.222. The lowest BCUT2D eigenvalue weighted by atomic mass is 10.1. The van der Waals surface area contributed by atoms with Crippen LogP contribution in [0.1, 0.15) is 11.3 Å². The number of hydrogen-bond acceptors (Lipinski definition) is 3. The van der Waals surface area contributed by atoms with Gasteiger partial charge in [0.1, 0.15) is 0 Å². The van der Waals surface area contributed by atoms with Crippen molar-refractivity contribution in [3.05, 3.63) is 29.7 Å². The second-order valence-corrected chi connectivity index (χ2v) is 3.02. The van der Waals surface area contributed by atoms with Crippen molar-refractivity contribution in [1.29, 1.82) is 0 Å². The maximum Gasteiger partial charge on any atom is 0.0942 e. The number of aromatic nitrogens is 4. The van der Waals surface area contributed by atoms with Gasteiger partial charge in [-0.25, -0.2) is 0 Å². The summed E-state index contributed by atoms with van der Waals surface area (Å²) in [4.78, 5) is 0. The molecule has 0 aliphatic carbocycles. The van der Waals surface area contributed by atoms with Crippen molar-refractivity contribution < 1.29 is 0 Å². The van der Waals surface area contributed by atoms with Crippen LogP contribution >= 0.6 is 0 Å². The third-order valence-corrected chi connectivity index (χ3v) is 1.91. The molecule has 0 atom stereocenters. The molecular formula is C9H10N4. The van der Waals surface area contributed by atoms with Crippen molar-refractivity contribution >= 4 is 0 Å². The minimum atomic E-state index is 0.921. The third-order valence-electron chi connectivity index (χ3n) is 1.91. The minimum absolute atomic E-state index is 0.921. The van der Waals surface area contributed by atoms with Gasteiger partial charge in [0.15, 0.2) is 0 Å². The average Bonchev–Trinajstić information content (AvgIpc) is 2.53. The highest BCUT2D eigenvalue weighted by atomic mass is 15.1. The molecule has 0 unspecified atom stereocenters. The molecule has 2 aromatic heterocycles. The fourth-order valence-corrected chi connectivity index (χ4v) is 1.21. The van der Waals surface area contributed by atoms with Crippen molar-refractivity contribution in [3.63, 3.8) is 0 Å². The van der Waals surface area contributed by atoms with E-state index in [9.17, 15) is 0 Å². The SMILES string of the molecule is Cc1cc(-c2cnncc2C)n[nH]1. The maximum absolute atomic E-state index is 4.15. The van der Waals surface area contributed by atoms with Crippen molar-refractivity contribution in [1.82, 2.24) is 20.4 Å². The Balaban J connectivity index is 2.52. The Morgan fingerprint density at radius 1 is 1.15 bits per heavy atom. The van der Waals surface area contributed by atoms with E-state index in [1.165, 1.54) is 0 Å². The standard InChI is InChI=1S/C9H10N4/c1-6-4-10-11-5-8(6)9-3-7(2)12-13-9/h3-5H,1-2H3,(H,12,13). The van der Waals surface area contributed by atoms with Crippen LogP contribution in [0.5, 0.6) is 0 Å². The summed E-state index contributed by atoms with van der Waals surface area (Å²) in [7, 11) is 0. The van der Waals surface area contributed by atoms with E-state index in [1.54, 1.807) is 12.4 Å². The van der Waals surface area contributed by atoms with Gasteiger partial charge in [-0.2, -0.15) is 15.3 Å². The van der Waals surface area contributed by atoms with Crippen molar-refractivity contribution in [2.24, 2.45) is 0 Å². The van der Waals surface area contributed by atoms with Gasteiger partial charge in [0.05, 0.1) is 18.1 Å². The molecule has 0 fully saturated rings. The summed E-state index contributed by atoms with van der Waals surface area (Å²) < 4.78 is 0. The van der Waals surface area contributed by atoms with E-state index in [1.807, 2.05) is 19.9 Å². The van der Waals surface area contributed by atoms with Gasteiger partial charge in [-0.1, -0.05) is 0 Å². The lowest BCUT2D eigenvalue weighted by molar-refractivity contribution is 1.01. The summed E-state index contributed by atoms with van der Waals surface area (Å²) >= 11 is 0. The molecule has 66 valence electrons. The van der Waals surface area contributed by atoms with E-state index in [4.69, 9.17) is 0 Å². The zero-order valence-electron chi connectivity index (χ0n) is 7.57. The highest BCUT2D eigenvalue weighted by Gasteiger charge is 2.04. The van der Waals surface area contributed by atoms with Crippen LogP contribution in [-0.4, -0.2) is 20.4 Å². The number of nitrogens with one attached hydrogen (secondary N) is 1. The van der Waals surface area contributed by atoms with Crippen LogP contribution < -0.4 is 0 Å². The van der Waals surface area contributed by atoms with Gasteiger partial charge >= 0.3 is 0 Å². The van der Waals surface area contributed by atoms with Gasteiger partial charge in [-0.15, -0.1) is 0 Å². The summed E-state index contributed by atoms with van der Waals surface area (Å²) in [5.74, 6) is 0. The summed E-state index contributed by atoms with van der Waals surface area (Å²) in [6, 6.07) is 1.99. The lowest BCUT2D eigenvalue weighted by Gasteiger charge is -1.97. The van der Waals surface area contributed by atoms with Crippen LogP contribution in [0.15, 0.2) is 18.5 Å². The zero-order valence-corrected chi connectivity index (χ0v) is 7.57. The van der Waals surface area contributed by atoms with Crippen LogP contribution in [-0.2, 0) is 0 Å². The first kappa shape index (κ1) is 7.91. The maximum atomic E-state index is 4.15. The second kappa shape index (κ2) is 2.97. The quantitative estimate of drug-likeness (QED) is 0.712. The number of nitrogens with zero attached hydrogens (tertiary/aromatic N) is 3. The number of aromatic amines is 1. The Morgan fingerprint density at radius 3 is 2.54 bits per heavy atom. The monoisotopic (exact) mass is 174 g/mol. The van der Waals surface area contributed by atoms with Gasteiger partial charge in [-0.3, -0.25) is 5.10 Å². The largest absolute Gasteiger partial charge is 0.282 e. The van der Waals surface area contributed by atoms with Crippen LogP contribution in [0.2, 0.25) is 0 Å². The molecule has 0 aliphatic rings. The van der Waals surface area contributed by atoms with Crippen LogP contribution in [0, 0.1) is 13.8 Å². The number of rotatable bonds is 1. The molecular weight excluding hydrogens is 164 g/mol. The summed E-state index contributed by atoms with van der Waals surface area (Å²) in [6.07, 6.45) is 3.46. The Labute approximate surface area is 76.0 Å². The topological polar surface area (TPSA) is 54.5 Å². The molecule has 0 spiro atoms. The molecule has 2 aromatic rings. The number of H-pyrrole nitrogens is 1. The van der Waals surface area contributed by atoms with E-state index in [2.05, 4.69) is 20.4 Å². The first-order valence-electron chi connectivity index (χ1n) is 4.07. The Morgan fingerprint density at radius 2 is 1.92 bits per heavy atom. The Hall–Kier alpha value is -1.71. The second-order valence-electron chi connectivity index (χ2n) is 3.02. The molecule has 0 aliphatic heterocycles. The van der Waals surface area contributed by atoms with Crippen LogP contribution in [0.3, 0.4) is 0 Å². The number of aryl methyl sites for hydroxylation is 2. The van der Waals surface area contributed by atoms with E-state index in [0.29, 0.717) is 0 Å². The van der Waals surface area contributed by atoms with Crippen LogP contribution in [0.25, 0.3) is 11.3 Å². The molecule has 0 radical (unpaired) electrons. The van der Waals surface area contributed by atoms with Crippen molar-refractivity contribution in [2.45, 2.75) is 13.8 Å². The Bertz CT molecular complexity index is 419. The third kappa shape index (κ3) is 1.42. The molecule has 4 heteroatoms. The molecule has 1 N–H and O–H groups in total. The molecule has 2 heterocycles. The van der Waals surface area contributed by atoms with Gasteiger partial charge in [0.25, 0.3) is 0 Å². The predicted octanol–water partition coefficient (Wildman–Crippen LogP) is 1.48. The zero-order chi connectivity index (χ0) is 9.26. The highest BCUT2D eigenvalue weighted by Crippen LogP contribution is 2.19. The van der Waals surface area contributed by atoms with E-state index in [-0.39, 0.29) is 0 Å². The molecule has 0 saturated carbocycles. The molecule has 4 nitrogen and oxygen atoms in total. The van der Waals surface area contributed by atoms with Crippen molar-refractivity contribution in [2.75, 3.05) is 0 Å². The summed E-state index contributed by atoms with van der Waals surface area (Å²) in [5, 5.41) is 14.7. The highest BCUT2D eigenvalue weighted by molar-refractivity contribution is 5.61. The average molecular weight is 174 g/mol. The smallest absolute Gasteiger partial charge is 0.0942 e. The fourth-order valence-electron chi connectivity index (χ4n) is 1.21. The number of hydrogen-bond donors (Lipinski definition) is 1. The summed E-state index contributed by atoms with van der Waals surface area (Å²) in [5.41, 5.74) is 4.08. The van der Waals surface area contributed by atoms with E-state index in [0.717, 1.165) is 22.5 Å². The van der Waals surface area contributed by atoms with Gasteiger partial charge < -0.3 is 0 Å². The van der Waals surface area contributed by atoms with E-state index < -0.39 is 0 Å². The normalized spacial score (nSPS) is 10.3. The van der Waals surface area contributed by atoms with Crippen LogP contribution in [0.4, 0.5) is 0 Å². The van der Waals surface area contributed by atoms with Gasteiger partial charge in [0.2, 0.25) is 0 Å². The molecule has 0 bridgehead atoms. The molecule has 2 rings (SSSR count). The van der Waals surface area contributed by atoms with E-state index >= 15 is 0 Å². The molecule has 0 aromatic carbocycles. The first-order chi connectivity index (χ1) is 6.27. The van der Waals surface area contributed by atoms with Crippen molar-refractivity contribution in [3.8, 4) is 11.3 Å². The predicted molar refractivity (Wildman–Crippen MR) is 49.1 cm³/mol. The molecule has 0 amide bonds. The van der Waals surface area contributed by atoms with Gasteiger partial charge in [0, 0.05) is 11.3 Å². The summed E-state index contributed by atoms with van der Waals surface area (Å²) in [6.45, 7) is 3.97. The lowest BCUT2D eigenvalue weighted by Crippen LogP contribution is -1.87. The molecule has 13 heavy (non-hydrogen) atoms. The molecule has 0 saturated heterocycles. The Kier molecular flexibility index (Phi) is 1.81. The van der Waals surface area contributed by atoms with Gasteiger partial charge in [-0.05, 0) is 25.5 Å².